The number of amides is 1. The molecule has 5 nitrogen and oxygen atoms in total. The molecule has 1 aromatic heterocycles. The molecule has 0 atom stereocenters. The third kappa shape index (κ3) is 5.41. The number of carbonyl (C=O) groups excluding carboxylic acids is 1. The smallest absolute Gasteiger partial charge is 0.234 e. The van der Waals surface area contributed by atoms with E-state index in [0.717, 1.165) is 28.1 Å². The van der Waals surface area contributed by atoms with Crippen LogP contribution >= 0.6 is 35.0 Å². The summed E-state index contributed by atoms with van der Waals surface area (Å²) in [4.78, 5) is 12.6. The Hall–Kier alpha value is -2.80. The molecule has 0 saturated carbocycles. The van der Waals surface area contributed by atoms with Crippen molar-refractivity contribution < 1.29 is 4.79 Å². The van der Waals surface area contributed by atoms with E-state index in [1.807, 2.05) is 73.9 Å². The summed E-state index contributed by atoms with van der Waals surface area (Å²) in [5.74, 6) is 0.717. The molecule has 4 rings (SSSR count). The molecule has 1 amide bonds. The predicted molar refractivity (Wildman–Crippen MR) is 137 cm³/mol. The van der Waals surface area contributed by atoms with Crippen molar-refractivity contribution in [2.45, 2.75) is 25.9 Å². The molecule has 3 aromatic carbocycles. The second-order valence-electron chi connectivity index (χ2n) is 7.74. The van der Waals surface area contributed by atoms with Crippen LogP contribution in [0.25, 0.3) is 17.1 Å². The van der Waals surface area contributed by atoms with E-state index in [2.05, 4.69) is 15.5 Å². The number of hydrogen-bond donors (Lipinski definition) is 1. The zero-order valence-electron chi connectivity index (χ0n) is 18.4. The number of halogens is 2. The largest absolute Gasteiger partial charge is 0.325 e. The lowest BCUT2D eigenvalue weighted by Gasteiger charge is -2.12. The molecule has 168 valence electrons. The van der Waals surface area contributed by atoms with Crippen molar-refractivity contribution in [3.8, 4) is 17.1 Å². The number of nitrogens with zero attached hydrogens (tertiary/aromatic N) is 3. The molecule has 1 heterocycles. The topological polar surface area (TPSA) is 59.8 Å². The number of benzene rings is 3. The maximum Gasteiger partial charge on any atom is 0.234 e. The van der Waals surface area contributed by atoms with Gasteiger partial charge in [-0.1, -0.05) is 70.9 Å². The first-order valence-electron chi connectivity index (χ1n) is 10.3. The van der Waals surface area contributed by atoms with Crippen molar-refractivity contribution in [2.24, 2.45) is 0 Å². The van der Waals surface area contributed by atoms with Gasteiger partial charge in [-0.15, -0.1) is 10.2 Å². The van der Waals surface area contributed by atoms with Gasteiger partial charge in [0.05, 0.1) is 21.5 Å². The summed E-state index contributed by atoms with van der Waals surface area (Å²) in [5, 5.41) is 13.2. The van der Waals surface area contributed by atoms with Crippen molar-refractivity contribution in [3.05, 3.63) is 87.4 Å². The molecule has 0 aliphatic heterocycles. The number of anilines is 1. The Kier molecular flexibility index (Phi) is 7.08. The Morgan fingerprint density at radius 3 is 2.36 bits per heavy atom. The third-order valence-corrected chi connectivity index (χ3v) is 6.90. The molecule has 4 aromatic rings. The second-order valence-corrected chi connectivity index (χ2v) is 9.50. The molecule has 0 fully saturated rings. The van der Waals surface area contributed by atoms with Gasteiger partial charge < -0.3 is 5.32 Å². The normalized spacial score (nSPS) is 10.9. The van der Waals surface area contributed by atoms with Crippen molar-refractivity contribution in [1.29, 1.82) is 0 Å². The third-order valence-electron chi connectivity index (χ3n) is 5.23. The molecule has 33 heavy (non-hydrogen) atoms. The van der Waals surface area contributed by atoms with Gasteiger partial charge in [0.1, 0.15) is 0 Å². The highest BCUT2D eigenvalue weighted by molar-refractivity contribution is 7.99. The van der Waals surface area contributed by atoms with Crippen LogP contribution in [0.3, 0.4) is 0 Å². The summed E-state index contributed by atoms with van der Waals surface area (Å²) in [7, 11) is 0. The fourth-order valence-corrected chi connectivity index (χ4v) is 4.30. The SMILES string of the molecule is Cc1ccc(-c2nnc(SCC(=O)Nc3ccc(C)c(C)c3)n2-c2ccc(Cl)c(Cl)c2)cc1. The van der Waals surface area contributed by atoms with Gasteiger partial charge >= 0.3 is 0 Å². The Morgan fingerprint density at radius 1 is 0.909 bits per heavy atom. The zero-order chi connectivity index (χ0) is 23.5. The number of aryl methyl sites for hydroxylation is 3. The average molecular weight is 497 g/mol. The Labute approximate surface area is 207 Å². The molecule has 0 bridgehead atoms. The van der Waals surface area contributed by atoms with E-state index in [0.29, 0.717) is 21.0 Å². The minimum Gasteiger partial charge on any atom is -0.325 e. The molecule has 1 N–H and O–H groups in total. The average Bonchev–Trinajstić information content (AvgIpc) is 3.21. The maximum atomic E-state index is 12.6. The summed E-state index contributed by atoms with van der Waals surface area (Å²) in [6.07, 6.45) is 0. The van der Waals surface area contributed by atoms with Gasteiger partial charge in [0.25, 0.3) is 0 Å². The van der Waals surface area contributed by atoms with E-state index >= 15 is 0 Å². The van der Waals surface area contributed by atoms with E-state index in [4.69, 9.17) is 23.2 Å². The second kappa shape index (κ2) is 10.00. The summed E-state index contributed by atoms with van der Waals surface area (Å²) < 4.78 is 1.89. The molecule has 0 aliphatic carbocycles. The van der Waals surface area contributed by atoms with Crippen molar-refractivity contribution in [1.82, 2.24) is 14.8 Å². The highest BCUT2D eigenvalue weighted by Gasteiger charge is 2.18. The molecule has 0 unspecified atom stereocenters. The molecule has 0 radical (unpaired) electrons. The maximum absolute atomic E-state index is 12.6. The van der Waals surface area contributed by atoms with Crippen LogP contribution in [-0.2, 0) is 4.79 Å². The Bertz CT molecular complexity index is 1320. The van der Waals surface area contributed by atoms with Gasteiger partial charge in [-0.2, -0.15) is 0 Å². The van der Waals surface area contributed by atoms with Crippen LogP contribution in [-0.4, -0.2) is 26.4 Å². The standard InChI is InChI=1S/C25H22Cl2N4OS/c1-15-4-7-18(8-5-15)24-29-30-25(31(24)20-10-11-21(26)22(27)13-20)33-14-23(32)28-19-9-6-16(2)17(3)12-19/h4-13H,14H2,1-3H3,(H,28,32). The van der Waals surface area contributed by atoms with E-state index < -0.39 is 0 Å². The molecule has 0 spiro atoms. The summed E-state index contributed by atoms with van der Waals surface area (Å²) in [6, 6.07) is 19.2. The van der Waals surface area contributed by atoms with Crippen LogP contribution in [0.15, 0.2) is 65.8 Å². The fourth-order valence-electron chi connectivity index (χ4n) is 3.26. The minimum atomic E-state index is -0.121. The number of hydrogen-bond acceptors (Lipinski definition) is 4. The van der Waals surface area contributed by atoms with Crippen LogP contribution in [0.1, 0.15) is 16.7 Å². The zero-order valence-corrected chi connectivity index (χ0v) is 20.7. The number of thioether (sulfide) groups is 1. The number of rotatable bonds is 6. The first-order valence-corrected chi connectivity index (χ1v) is 12.0. The minimum absolute atomic E-state index is 0.121. The van der Waals surface area contributed by atoms with Crippen LogP contribution in [0.5, 0.6) is 0 Å². The van der Waals surface area contributed by atoms with Gasteiger partial charge in [0, 0.05) is 11.3 Å². The van der Waals surface area contributed by atoms with Crippen LogP contribution in [0, 0.1) is 20.8 Å². The van der Waals surface area contributed by atoms with Crippen molar-refractivity contribution >= 4 is 46.6 Å². The first kappa shape index (κ1) is 23.4. The lowest BCUT2D eigenvalue weighted by molar-refractivity contribution is -0.113. The van der Waals surface area contributed by atoms with E-state index in [-0.39, 0.29) is 11.7 Å². The molecular formula is C25H22Cl2N4OS. The van der Waals surface area contributed by atoms with Crippen LogP contribution < -0.4 is 5.32 Å². The van der Waals surface area contributed by atoms with Gasteiger partial charge in [-0.05, 0) is 62.2 Å². The monoisotopic (exact) mass is 496 g/mol. The summed E-state index contributed by atoms with van der Waals surface area (Å²) in [5.41, 5.74) is 5.91. The molecule has 0 aliphatic rings. The summed E-state index contributed by atoms with van der Waals surface area (Å²) >= 11 is 13.7. The number of aromatic nitrogens is 3. The quantitative estimate of drug-likeness (QED) is 0.295. The molecular weight excluding hydrogens is 475 g/mol. The van der Waals surface area contributed by atoms with E-state index in [1.54, 1.807) is 12.1 Å². The lowest BCUT2D eigenvalue weighted by atomic mass is 10.1. The van der Waals surface area contributed by atoms with Crippen molar-refractivity contribution in [2.75, 3.05) is 11.1 Å². The van der Waals surface area contributed by atoms with Crippen LogP contribution in [0.2, 0.25) is 10.0 Å². The Morgan fingerprint density at radius 2 is 1.67 bits per heavy atom. The first-order chi connectivity index (χ1) is 15.8. The summed E-state index contributed by atoms with van der Waals surface area (Å²) in [6.45, 7) is 6.09. The van der Waals surface area contributed by atoms with Gasteiger partial charge in [0.2, 0.25) is 5.91 Å². The van der Waals surface area contributed by atoms with Crippen molar-refractivity contribution in [3.63, 3.8) is 0 Å². The van der Waals surface area contributed by atoms with Gasteiger partial charge in [-0.25, -0.2) is 0 Å². The van der Waals surface area contributed by atoms with E-state index in [9.17, 15) is 4.79 Å². The molecule has 8 heteroatoms. The highest BCUT2D eigenvalue weighted by Crippen LogP contribution is 2.31. The van der Waals surface area contributed by atoms with Crippen LogP contribution in [0.4, 0.5) is 5.69 Å². The van der Waals surface area contributed by atoms with E-state index in [1.165, 1.54) is 17.3 Å². The van der Waals surface area contributed by atoms with Gasteiger partial charge in [-0.3, -0.25) is 9.36 Å². The highest BCUT2D eigenvalue weighted by atomic mass is 35.5. The number of carbonyl (C=O) groups is 1. The Balaban J connectivity index is 1.62. The number of nitrogens with one attached hydrogen (secondary N) is 1. The molecule has 0 saturated heterocycles. The van der Waals surface area contributed by atoms with Gasteiger partial charge in [0.15, 0.2) is 11.0 Å². The lowest BCUT2D eigenvalue weighted by Crippen LogP contribution is -2.14. The fraction of sp³-hybridized carbons (Fsp3) is 0.160. The predicted octanol–water partition coefficient (Wildman–Crippen LogP) is 6.90.